The molecule has 1 rings (SSSR count). The summed E-state index contributed by atoms with van der Waals surface area (Å²) in [6.45, 7) is 6.24. The van der Waals surface area contributed by atoms with Crippen LogP contribution in [0.25, 0.3) is 5.32 Å². The molecule has 0 aliphatic carbocycles. The molecule has 0 unspecified atom stereocenters. The standard InChI is InChI=1S/C14H17NO/c1-14(2,3)11-7-10-13(16)15-12-8-5-4-6-9-12/h4-11H,1-3H3. The van der Waals surface area contributed by atoms with Crippen LogP contribution in [0.2, 0.25) is 0 Å². The van der Waals surface area contributed by atoms with Crippen LogP contribution in [0.5, 0.6) is 0 Å². The number of rotatable bonds is 3. The van der Waals surface area contributed by atoms with E-state index in [9.17, 15) is 4.79 Å². The van der Waals surface area contributed by atoms with E-state index in [4.69, 9.17) is 0 Å². The zero-order chi connectivity index (χ0) is 12.0. The molecule has 0 spiro atoms. The lowest BCUT2D eigenvalue weighted by molar-refractivity contribution is -0.111. The third-order valence-corrected chi connectivity index (χ3v) is 1.83. The van der Waals surface area contributed by atoms with Crippen LogP contribution in [0.1, 0.15) is 20.8 Å². The van der Waals surface area contributed by atoms with Crippen LogP contribution in [-0.2, 0) is 4.79 Å². The minimum absolute atomic E-state index is 0.0868. The molecule has 1 aromatic carbocycles. The van der Waals surface area contributed by atoms with Gasteiger partial charge in [0, 0.05) is 11.5 Å². The molecule has 0 aromatic heterocycles. The van der Waals surface area contributed by atoms with Gasteiger partial charge in [-0.3, -0.25) is 4.79 Å². The topological polar surface area (TPSA) is 31.2 Å². The summed E-state index contributed by atoms with van der Waals surface area (Å²) in [5, 5.41) is 3.93. The first-order valence-electron chi connectivity index (χ1n) is 5.31. The number of hydrogen-bond donors (Lipinski definition) is 0. The lowest BCUT2D eigenvalue weighted by Crippen LogP contribution is -2.00. The largest absolute Gasteiger partial charge is 0.604 e. The van der Waals surface area contributed by atoms with Crippen molar-refractivity contribution in [3.05, 3.63) is 54.2 Å². The smallest absolute Gasteiger partial charge is 0.164 e. The third-order valence-electron chi connectivity index (χ3n) is 1.83. The van der Waals surface area contributed by atoms with Crippen molar-refractivity contribution in [2.75, 3.05) is 0 Å². The van der Waals surface area contributed by atoms with Gasteiger partial charge in [0.05, 0.1) is 12.5 Å². The van der Waals surface area contributed by atoms with Gasteiger partial charge in [0.1, 0.15) is 0 Å². The van der Waals surface area contributed by atoms with Gasteiger partial charge in [-0.2, -0.15) is 0 Å². The van der Waals surface area contributed by atoms with E-state index >= 15 is 0 Å². The van der Waals surface area contributed by atoms with E-state index in [1.54, 1.807) is 18.2 Å². The van der Waals surface area contributed by atoms with Gasteiger partial charge in [-0.05, 0) is 20.8 Å². The van der Waals surface area contributed by atoms with Crippen molar-refractivity contribution in [1.29, 1.82) is 0 Å². The van der Waals surface area contributed by atoms with Gasteiger partial charge in [0.25, 0.3) is 0 Å². The normalized spacial score (nSPS) is 11.4. The number of para-hydroxylation sites is 1. The molecule has 84 valence electrons. The van der Waals surface area contributed by atoms with Gasteiger partial charge in [0.2, 0.25) is 0 Å². The molecule has 0 fully saturated rings. The SMILES string of the molecule is CC(C)(C)C=C[CH+]C(=O)[N-]c1ccccc1. The molecule has 0 heterocycles. The minimum atomic E-state index is -0.230. The highest BCUT2D eigenvalue weighted by molar-refractivity contribution is 6.03. The van der Waals surface area contributed by atoms with Crippen LogP contribution < -0.4 is 0 Å². The third kappa shape index (κ3) is 5.25. The number of amides is 1. The Labute approximate surface area is 97.4 Å². The van der Waals surface area contributed by atoms with Crippen molar-refractivity contribution in [2.24, 2.45) is 5.41 Å². The fraction of sp³-hybridized carbons (Fsp3) is 0.286. The molecule has 1 amide bonds. The summed E-state index contributed by atoms with van der Waals surface area (Å²) in [6.07, 6.45) is 5.22. The Bertz CT molecular complexity index is 360. The summed E-state index contributed by atoms with van der Waals surface area (Å²) in [6, 6.07) is 9.22. The number of hydrogen-bond acceptors (Lipinski definition) is 1. The Balaban J connectivity index is 2.41. The molecular weight excluding hydrogens is 198 g/mol. The number of carbonyl (C=O) groups is 1. The van der Waals surface area contributed by atoms with Gasteiger partial charge in [-0.25, -0.2) is 0 Å². The molecule has 16 heavy (non-hydrogen) atoms. The summed E-state index contributed by atoms with van der Waals surface area (Å²) in [5.74, 6) is -0.230. The molecule has 0 radical (unpaired) electrons. The van der Waals surface area contributed by atoms with Crippen LogP contribution in [0.4, 0.5) is 5.69 Å². The van der Waals surface area contributed by atoms with Crippen molar-refractivity contribution in [1.82, 2.24) is 0 Å². The molecule has 0 aliphatic heterocycles. The van der Waals surface area contributed by atoms with Gasteiger partial charge in [-0.1, -0.05) is 30.3 Å². The van der Waals surface area contributed by atoms with Crippen molar-refractivity contribution in [3.63, 3.8) is 0 Å². The molecule has 2 heteroatoms. The van der Waals surface area contributed by atoms with Gasteiger partial charge >= 0.3 is 0 Å². The Kier molecular flexibility index (Phi) is 4.18. The van der Waals surface area contributed by atoms with E-state index in [2.05, 4.69) is 26.1 Å². The number of allylic oxidation sites excluding steroid dienone is 1. The van der Waals surface area contributed by atoms with E-state index < -0.39 is 0 Å². The summed E-state index contributed by atoms with van der Waals surface area (Å²) < 4.78 is 0. The maximum Gasteiger partial charge on any atom is 0.164 e. The molecule has 0 N–H and O–H groups in total. The zero-order valence-corrected chi connectivity index (χ0v) is 9.97. The van der Waals surface area contributed by atoms with E-state index in [-0.39, 0.29) is 11.3 Å². The molecule has 0 atom stereocenters. The second-order valence-electron chi connectivity index (χ2n) is 4.68. The van der Waals surface area contributed by atoms with Crippen LogP contribution >= 0.6 is 0 Å². The molecule has 0 aliphatic rings. The molecular formula is C14H17NO. The average Bonchev–Trinajstić information content (AvgIpc) is 2.17. The van der Waals surface area contributed by atoms with Gasteiger partial charge < -0.3 is 5.32 Å². The van der Waals surface area contributed by atoms with E-state index in [0.29, 0.717) is 5.69 Å². The number of carbonyl (C=O) groups excluding carboxylic acids is 1. The second-order valence-corrected chi connectivity index (χ2v) is 4.68. The van der Waals surface area contributed by atoms with E-state index in [0.717, 1.165) is 0 Å². The van der Waals surface area contributed by atoms with Crippen LogP contribution in [0, 0.1) is 11.8 Å². The van der Waals surface area contributed by atoms with E-state index in [1.165, 1.54) is 6.42 Å². The molecule has 2 nitrogen and oxygen atoms in total. The Morgan fingerprint density at radius 3 is 2.44 bits per heavy atom. The fourth-order valence-electron chi connectivity index (χ4n) is 1.09. The Morgan fingerprint density at radius 2 is 1.88 bits per heavy atom. The predicted octanol–water partition coefficient (Wildman–Crippen LogP) is 4.02. The average molecular weight is 215 g/mol. The first kappa shape index (κ1) is 12.4. The Hall–Kier alpha value is -1.70. The minimum Gasteiger partial charge on any atom is -0.604 e. The van der Waals surface area contributed by atoms with Crippen LogP contribution in [0.15, 0.2) is 42.5 Å². The molecule has 1 aromatic rings. The molecule has 0 bridgehead atoms. The maximum absolute atomic E-state index is 11.4. The van der Waals surface area contributed by atoms with Crippen molar-refractivity contribution >= 4 is 11.6 Å². The zero-order valence-electron chi connectivity index (χ0n) is 9.97. The molecule has 0 saturated carbocycles. The van der Waals surface area contributed by atoms with Crippen LogP contribution in [0.3, 0.4) is 0 Å². The van der Waals surface area contributed by atoms with Gasteiger partial charge in [-0.15, -0.1) is 5.69 Å². The fourth-order valence-corrected chi connectivity index (χ4v) is 1.09. The lowest BCUT2D eigenvalue weighted by atomic mass is 9.96. The first-order chi connectivity index (χ1) is 7.47. The first-order valence-corrected chi connectivity index (χ1v) is 5.31. The predicted molar refractivity (Wildman–Crippen MR) is 67.4 cm³/mol. The quantitative estimate of drug-likeness (QED) is 0.700. The van der Waals surface area contributed by atoms with E-state index in [1.807, 2.05) is 24.3 Å². The monoisotopic (exact) mass is 215 g/mol. The van der Waals surface area contributed by atoms with Crippen LogP contribution in [-0.4, -0.2) is 5.91 Å². The summed E-state index contributed by atoms with van der Waals surface area (Å²) in [7, 11) is 0. The number of nitrogens with zero attached hydrogens (tertiary/aromatic N) is 1. The summed E-state index contributed by atoms with van der Waals surface area (Å²) >= 11 is 0. The highest BCUT2D eigenvalue weighted by Gasteiger charge is 2.09. The second kappa shape index (κ2) is 5.40. The van der Waals surface area contributed by atoms with Crippen molar-refractivity contribution < 1.29 is 4.79 Å². The highest BCUT2D eigenvalue weighted by Crippen LogP contribution is 2.19. The maximum atomic E-state index is 11.4. The summed E-state index contributed by atoms with van der Waals surface area (Å²) in [5.41, 5.74) is 0.775. The number of benzene rings is 1. The summed E-state index contributed by atoms with van der Waals surface area (Å²) in [4.78, 5) is 11.4. The molecule has 0 saturated heterocycles. The van der Waals surface area contributed by atoms with Gasteiger partial charge in [0.15, 0.2) is 5.91 Å². The lowest BCUT2D eigenvalue weighted by Gasteiger charge is -2.15. The highest BCUT2D eigenvalue weighted by atomic mass is 16.1. The Morgan fingerprint density at radius 1 is 1.25 bits per heavy atom. The van der Waals surface area contributed by atoms with Crippen molar-refractivity contribution in [3.8, 4) is 0 Å². The van der Waals surface area contributed by atoms with Crippen molar-refractivity contribution in [2.45, 2.75) is 20.8 Å².